The van der Waals surface area contributed by atoms with Crippen LogP contribution < -0.4 is 10.2 Å². The van der Waals surface area contributed by atoms with E-state index in [2.05, 4.69) is 17.1 Å². The van der Waals surface area contributed by atoms with Gasteiger partial charge in [0, 0.05) is 38.4 Å². The van der Waals surface area contributed by atoms with Gasteiger partial charge >= 0.3 is 0 Å². The van der Waals surface area contributed by atoms with Crippen LogP contribution in [0.1, 0.15) is 57.4 Å². The number of hydrogen-bond donors (Lipinski definition) is 1. The Balaban J connectivity index is 1.37. The standard InChI is InChI=1S/C25H38N4O4S/c1-2-3-12-26-25(31)21-8-7-13-27(18-21)19-24(30)29-16-11-20-17-22(9-10-23(20)29)34(32,33)28-14-5-4-6-15-28/h9-10,17,21H,2-8,11-16,18-19H2,1H3,(H,26,31). The summed E-state index contributed by atoms with van der Waals surface area (Å²) in [4.78, 5) is 29.8. The molecule has 4 rings (SSSR count). The van der Waals surface area contributed by atoms with E-state index in [-0.39, 0.29) is 24.3 Å². The molecule has 2 saturated heterocycles. The highest BCUT2D eigenvalue weighted by Gasteiger charge is 2.32. The SMILES string of the molecule is CCCCNC(=O)C1CCCN(CC(=O)N2CCc3cc(S(=O)(=O)N4CCCCC4)ccc32)C1. The molecule has 188 valence electrons. The second-order valence-corrected chi connectivity index (χ2v) is 11.7. The van der Waals surface area contributed by atoms with Crippen LogP contribution in [0.5, 0.6) is 0 Å². The largest absolute Gasteiger partial charge is 0.356 e. The topological polar surface area (TPSA) is 90.0 Å². The molecule has 1 atom stereocenters. The van der Waals surface area contributed by atoms with Crippen LogP contribution in [-0.4, -0.2) is 75.3 Å². The maximum absolute atomic E-state index is 13.2. The third kappa shape index (κ3) is 5.63. The van der Waals surface area contributed by atoms with Gasteiger partial charge in [0.05, 0.1) is 17.4 Å². The lowest BCUT2D eigenvalue weighted by Crippen LogP contribution is -2.47. The summed E-state index contributed by atoms with van der Waals surface area (Å²) in [6.07, 6.45) is 7.36. The van der Waals surface area contributed by atoms with Gasteiger partial charge in [-0.25, -0.2) is 8.42 Å². The van der Waals surface area contributed by atoms with Gasteiger partial charge < -0.3 is 10.2 Å². The van der Waals surface area contributed by atoms with Crippen LogP contribution in [0.4, 0.5) is 5.69 Å². The molecule has 1 N–H and O–H groups in total. The Morgan fingerprint density at radius 2 is 1.85 bits per heavy atom. The van der Waals surface area contributed by atoms with Crippen molar-refractivity contribution in [3.8, 4) is 0 Å². The second kappa shape index (κ2) is 11.2. The number of hydrogen-bond acceptors (Lipinski definition) is 5. The highest BCUT2D eigenvalue weighted by Crippen LogP contribution is 2.32. The zero-order chi connectivity index (χ0) is 24.1. The summed E-state index contributed by atoms with van der Waals surface area (Å²) < 4.78 is 27.7. The molecule has 2 amide bonds. The van der Waals surface area contributed by atoms with E-state index in [4.69, 9.17) is 0 Å². The first-order valence-corrected chi connectivity index (χ1v) is 14.3. The quantitative estimate of drug-likeness (QED) is 0.565. The van der Waals surface area contributed by atoms with E-state index in [0.717, 1.165) is 62.7 Å². The number of carbonyl (C=O) groups excluding carboxylic acids is 2. The molecule has 0 spiro atoms. The molecule has 34 heavy (non-hydrogen) atoms. The van der Waals surface area contributed by atoms with E-state index in [9.17, 15) is 18.0 Å². The molecule has 8 nitrogen and oxygen atoms in total. The maximum atomic E-state index is 13.2. The molecule has 1 unspecified atom stereocenters. The van der Waals surface area contributed by atoms with Crippen LogP contribution in [0.3, 0.4) is 0 Å². The summed E-state index contributed by atoms with van der Waals surface area (Å²) in [7, 11) is -3.48. The number of unbranched alkanes of at least 4 members (excludes halogenated alkanes) is 1. The van der Waals surface area contributed by atoms with Gasteiger partial charge in [0.15, 0.2) is 0 Å². The normalized spacial score (nSPS) is 21.9. The molecule has 0 aromatic heterocycles. The lowest BCUT2D eigenvalue weighted by Gasteiger charge is -2.32. The third-order valence-electron chi connectivity index (χ3n) is 7.27. The Morgan fingerprint density at radius 1 is 1.06 bits per heavy atom. The third-order valence-corrected chi connectivity index (χ3v) is 9.16. The predicted octanol–water partition coefficient (Wildman–Crippen LogP) is 2.38. The van der Waals surface area contributed by atoms with Crippen LogP contribution in [0.2, 0.25) is 0 Å². The fourth-order valence-corrected chi connectivity index (χ4v) is 6.84. The van der Waals surface area contributed by atoms with Crippen molar-refractivity contribution in [2.75, 3.05) is 50.7 Å². The van der Waals surface area contributed by atoms with E-state index in [1.54, 1.807) is 27.4 Å². The fourth-order valence-electron chi connectivity index (χ4n) is 5.27. The predicted molar refractivity (Wildman–Crippen MR) is 132 cm³/mol. The molecule has 0 saturated carbocycles. The van der Waals surface area contributed by atoms with Gasteiger partial charge in [-0.05, 0) is 68.8 Å². The summed E-state index contributed by atoms with van der Waals surface area (Å²) in [5, 5.41) is 3.02. The zero-order valence-electron chi connectivity index (χ0n) is 20.3. The Morgan fingerprint density at radius 3 is 2.62 bits per heavy atom. The first kappa shape index (κ1) is 25.1. The lowest BCUT2D eigenvalue weighted by molar-refractivity contribution is -0.128. The number of anilines is 1. The first-order chi connectivity index (χ1) is 16.4. The molecule has 3 heterocycles. The van der Waals surface area contributed by atoms with Crippen molar-refractivity contribution in [2.24, 2.45) is 5.92 Å². The van der Waals surface area contributed by atoms with E-state index < -0.39 is 10.0 Å². The maximum Gasteiger partial charge on any atom is 0.243 e. The number of fused-ring (bicyclic) bond motifs is 1. The van der Waals surface area contributed by atoms with Crippen molar-refractivity contribution in [3.05, 3.63) is 23.8 Å². The number of benzene rings is 1. The van der Waals surface area contributed by atoms with Gasteiger partial charge in [-0.3, -0.25) is 14.5 Å². The molecule has 9 heteroatoms. The zero-order valence-corrected chi connectivity index (χ0v) is 21.1. The number of likely N-dealkylation sites (tertiary alicyclic amines) is 1. The number of carbonyl (C=O) groups is 2. The number of nitrogens with one attached hydrogen (secondary N) is 1. The molecular formula is C25H38N4O4S. The monoisotopic (exact) mass is 490 g/mol. The van der Waals surface area contributed by atoms with Crippen LogP contribution >= 0.6 is 0 Å². The molecule has 0 bridgehead atoms. The number of amides is 2. The second-order valence-electron chi connectivity index (χ2n) is 9.77. The molecule has 3 aliphatic heterocycles. The van der Waals surface area contributed by atoms with Crippen molar-refractivity contribution in [1.82, 2.24) is 14.5 Å². The summed E-state index contributed by atoms with van der Waals surface area (Å²) in [5.74, 6) is 0.0452. The molecule has 1 aromatic carbocycles. The Labute approximate surface area is 203 Å². The minimum absolute atomic E-state index is 0.0115. The van der Waals surface area contributed by atoms with Crippen molar-refractivity contribution in [2.45, 2.75) is 63.2 Å². The van der Waals surface area contributed by atoms with Crippen molar-refractivity contribution in [1.29, 1.82) is 0 Å². The van der Waals surface area contributed by atoms with Crippen molar-refractivity contribution < 1.29 is 18.0 Å². The number of piperidine rings is 2. The van der Waals surface area contributed by atoms with Crippen LogP contribution in [0.15, 0.2) is 23.1 Å². The van der Waals surface area contributed by atoms with Gasteiger partial charge in [0.25, 0.3) is 0 Å². The molecule has 1 aromatic rings. The Hall–Kier alpha value is -1.97. The number of nitrogens with zero attached hydrogens (tertiary/aromatic N) is 3. The molecule has 2 fully saturated rings. The van der Waals surface area contributed by atoms with E-state index in [0.29, 0.717) is 44.0 Å². The van der Waals surface area contributed by atoms with Gasteiger partial charge in [0.1, 0.15) is 0 Å². The summed E-state index contributed by atoms with van der Waals surface area (Å²) in [5.41, 5.74) is 1.73. The summed E-state index contributed by atoms with van der Waals surface area (Å²) >= 11 is 0. The van der Waals surface area contributed by atoms with Crippen LogP contribution in [0.25, 0.3) is 0 Å². The average Bonchev–Trinajstić information content (AvgIpc) is 3.28. The Kier molecular flexibility index (Phi) is 8.26. The Bertz CT molecular complexity index is 991. The van der Waals surface area contributed by atoms with Gasteiger partial charge in [-0.2, -0.15) is 4.31 Å². The minimum atomic E-state index is -3.48. The highest BCUT2D eigenvalue weighted by atomic mass is 32.2. The van der Waals surface area contributed by atoms with E-state index in [1.807, 2.05) is 0 Å². The van der Waals surface area contributed by atoms with Gasteiger partial charge in [0.2, 0.25) is 21.8 Å². The van der Waals surface area contributed by atoms with Gasteiger partial charge in [-0.15, -0.1) is 0 Å². The highest BCUT2D eigenvalue weighted by molar-refractivity contribution is 7.89. The molecule has 3 aliphatic rings. The number of rotatable bonds is 8. The van der Waals surface area contributed by atoms with Crippen molar-refractivity contribution in [3.63, 3.8) is 0 Å². The van der Waals surface area contributed by atoms with Crippen LogP contribution in [-0.2, 0) is 26.0 Å². The van der Waals surface area contributed by atoms with Crippen molar-refractivity contribution >= 4 is 27.5 Å². The lowest BCUT2D eigenvalue weighted by atomic mass is 9.97. The average molecular weight is 491 g/mol. The molecule has 0 aliphatic carbocycles. The number of sulfonamides is 1. The summed E-state index contributed by atoms with van der Waals surface area (Å²) in [6.45, 7) is 6.25. The fraction of sp³-hybridized carbons (Fsp3) is 0.680. The molecular weight excluding hydrogens is 452 g/mol. The van der Waals surface area contributed by atoms with Crippen LogP contribution in [0, 0.1) is 5.92 Å². The smallest absolute Gasteiger partial charge is 0.243 e. The van der Waals surface area contributed by atoms with E-state index in [1.165, 1.54) is 0 Å². The van der Waals surface area contributed by atoms with Gasteiger partial charge in [-0.1, -0.05) is 19.8 Å². The first-order valence-electron chi connectivity index (χ1n) is 12.8. The minimum Gasteiger partial charge on any atom is -0.356 e. The summed E-state index contributed by atoms with van der Waals surface area (Å²) in [6, 6.07) is 5.19. The van der Waals surface area contributed by atoms with E-state index >= 15 is 0 Å². The molecule has 0 radical (unpaired) electrons.